The number of benzene rings is 1. The monoisotopic (exact) mass is 258 g/mol. The molecule has 3 heteroatoms. The molecule has 2 rings (SSSR count). The first kappa shape index (κ1) is 13.6. The van der Waals surface area contributed by atoms with Crippen LogP contribution in [-0.2, 0) is 17.8 Å². The fourth-order valence-corrected chi connectivity index (χ4v) is 2.00. The quantitative estimate of drug-likeness (QED) is 0.771. The molecule has 0 saturated carbocycles. The highest BCUT2D eigenvalue weighted by Crippen LogP contribution is 2.16. The molecule has 0 spiro atoms. The minimum absolute atomic E-state index is 0.00365. The molecule has 0 atom stereocenters. The Morgan fingerprint density at radius 2 is 2.00 bits per heavy atom. The van der Waals surface area contributed by atoms with Crippen molar-refractivity contribution in [1.82, 2.24) is 0 Å². The van der Waals surface area contributed by atoms with Crippen LogP contribution in [-0.4, -0.2) is 12.9 Å². The van der Waals surface area contributed by atoms with Crippen LogP contribution in [0.15, 0.2) is 34.7 Å². The standard InChI is InChI=1S/C16H18O3/c1-11-4-5-12(2)13(8-11)9-15(17)16-7-6-14(19-16)10-18-3/h4-8H,9-10H2,1-3H3. The summed E-state index contributed by atoms with van der Waals surface area (Å²) in [5.41, 5.74) is 3.34. The Kier molecular flexibility index (Phi) is 4.17. The lowest BCUT2D eigenvalue weighted by atomic mass is 10.0. The van der Waals surface area contributed by atoms with Crippen LogP contribution in [0.1, 0.15) is 33.0 Å². The van der Waals surface area contributed by atoms with Crippen molar-refractivity contribution in [2.75, 3.05) is 7.11 Å². The van der Waals surface area contributed by atoms with Gasteiger partial charge in [0.25, 0.3) is 0 Å². The molecule has 100 valence electrons. The highest BCUT2D eigenvalue weighted by molar-refractivity contribution is 5.95. The van der Waals surface area contributed by atoms with Crippen LogP contribution in [0.3, 0.4) is 0 Å². The number of carbonyl (C=O) groups is 1. The maximum absolute atomic E-state index is 12.2. The van der Waals surface area contributed by atoms with Crippen molar-refractivity contribution < 1.29 is 13.9 Å². The third-order valence-corrected chi connectivity index (χ3v) is 3.08. The molecule has 0 N–H and O–H groups in total. The van der Waals surface area contributed by atoms with Crippen molar-refractivity contribution in [2.24, 2.45) is 0 Å². The van der Waals surface area contributed by atoms with Gasteiger partial charge in [0.1, 0.15) is 12.4 Å². The summed E-state index contributed by atoms with van der Waals surface area (Å²) in [6.07, 6.45) is 0.369. The summed E-state index contributed by atoms with van der Waals surface area (Å²) >= 11 is 0. The summed E-state index contributed by atoms with van der Waals surface area (Å²) in [4.78, 5) is 12.2. The second-order valence-electron chi connectivity index (χ2n) is 4.73. The van der Waals surface area contributed by atoms with E-state index in [1.54, 1.807) is 19.2 Å². The van der Waals surface area contributed by atoms with Crippen LogP contribution >= 0.6 is 0 Å². The number of ketones is 1. The van der Waals surface area contributed by atoms with Crippen molar-refractivity contribution >= 4 is 5.78 Å². The Balaban J connectivity index is 2.13. The van der Waals surface area contributed by atoms with Crippen molar-refractivity contribution in [3.63, 3.8) is 0 Å². The number of rotatable bonds is 5. The molecular formula is C16H18O3. The Morgan fingerprint density at radius 3 is 2.74 bits per heavy atom. The summed E-state index contributed by atoms with van der Waals surface area (Å²) in [5.74, 6) is 1.07. The Labute approximate surface area is 113 Å². The van der Waals surface area contributed by atoms with Gasteiger partial charge >= 0.3 is 0 Å². The zero-order valence-corrected chi connectivity index (χ0v) is 11.5. The molecule has 3 nitrogen and oxygen atoms in total. The smallest absolute Gasteiger partial charge is 0.202 e. The maximum atomic E-state index is 12.2. The first-order chi connectivity index (χ1) is 9.10. The maximum Gasteiger partial charge on any atom is 0.202 e. The zero-order valence-electron chi connectivity index (χ0n) is 11.5. The largest absolute Gasteiger partial charge is 0.456 e. The molecule has 0 unspecified atom stereocenters. The summed E-state index contributed by atoms with van der Waals surface area (Å²) in [7, 11) is 1.60. The number of hydrogen-bond donors (Lipinski definition) is 0. The fourth-order valence-electron chi connectivity index (χ4n) is 2.00. The summed E-state index contributed by atoms with van der Waals surface area (Å²) in [6.45, 7) is 4.42. The molecule has 1 aromatic heterocycles. The molecule has 0 fully saturated rings. The predicted octanol–water partition coefficient (Wildman–Crippen LogP) is 3.47. The third kappa shape index (κ3) is 3.32. The summed E-state index contributed by atoms with van der Waals surface area (Å²) in [5, 5.41) is 0. The van der Waals surface area contributed by atoms with Gasteiger partial charge in [0.15, 0.2) is 5.76 Å². The van der Waals surface area contributed by atoms with Crippen LogP contribution in [0.4, 0.5) is 0 Å². The first-order valence-electron chi connectivity index (χ1n) is 6.27. The van der Waals surface area contributed by atoms with Gasteiger partial charge in [-0.3, -0.25) is 4.79 Å². The van der Waals surface area contributed by atoms with Gasteiger partial charge in [-0.05, 0) is 37.1 Å². The van der Waals surface area contributed by atoms with E-state index in [1.807, 2.05) is 32.0 Å². The number of furan rings is 1. The van der Waals surface area contributed by atoms with Crippen molar-refractivity contribution in [1.29, 1.82) is 0 Å². The Morgan fingerprint density at radius 1 is 1.21 bits per heavy atom. The van der Waals surface area contributed by atoms with E-state index in [2.05, 4.69) is 0 Å². The van der Waals surface area contributed by atoms with Crippen LogP contribution in [0, 0.1) is 13.8 Å². The molecule has 0 radical (unpaired) electrons. The van der Waals surface area contributed by atoms with Gasteiger partial charge in [-0.1, -0.05) is 23.8 Å². The van der Waals surface area contributed by atoms with E-state index in [0.29, 0.717) is 24.5 Å². The van der Waals surface area contributed by atoms with Gasteiger partial charge in [-0.15, -0.1) is 0 Å². The minimum atomic E-state index is -0.00365. The highest BCUT2D eigenvalue weighted by Gasteiger charge is 2.13. The molecule has 0 aliphatic rings. The topological polar surface area (TPSA) is 39.4 Å². The zero-order chi connectivity index (χ0) is 13.8. The molecule has 0 bridgehead atoms. The van der Waals surface area contributed by atoms with Gasteiger partial charge in [0.2, 0.25) is 5.78 Å². The molecular weight excluding hydrogens is 240 g/mol. The molecule has 0 amide bonds. The SMILES string of the molecule is COCc1ccc(C(=O)Cc2cc(C)ccc2C)o1. The van der Waals surface area contributed by atoms with Gasteiger partial charge < -0.3 is 9.15 Å². The van der Waals surface area contributed by atoms with Crippen LogP contribution in [0.5, 0.6) is 0 Å². The molecule has 1 aromatic carbocycles. The fraction of sp³-hybridized carbons (Fsp3) is 0.312. The predicted molar refractivity (Wildman–Crippen MR) is 73.4 cm³/mol. The van der Waals surface area contributed by atoms with Gasteiger partial charge in [-0.2, -0.15) is 0 Å². The van der Waals surface area contributed by atoms with E-state index in [-0.39, 0.29) is 5.78 Å². The number of carbonyl (C=O) groups excluding carboxylic acids is 1. The Hall–Kier alpha value is -1.87. The molecule has 0 aliphatic heterocycles. The first-order valence-corrected chi connectivity index (χ1v) is 6.27. The van der Waals surface area contributed by atoms with Gasteiger partial charge in [0, 0.05) is 13.5 Å². The number of Topliss-reactive ketones (excluding diaryl/α,β-unsaturated/α-hetero) is 1. The average molecular weight is 258 g/mol. The minimum Gasteiger partial charge on any atom is -0.456 e. The van der Waals surface area contributed by atoms with Crippen LogP contribution in [0.25, 0.3) is 0 Å². The number of methoxy groups -OCH3 is 1. The third-order valence-electron chi connectivity index (χ3n) is 3.08. The average Bonchev–Trinajstić information content (AvgIpc) is 2.83. The lowest BCUT2D eigenvalue weighted by molar-refractivity contribution is 0.0957. The highest BCUT2D eigenvalue weighted by atomic mass is 16.5. The number of aryl methyl sites for hydroxylation is 2. The molecule has 0 saturated heterocycles. The Bertz CT molecular complexity index is 581. The van der Waals surface area contributed by atoms with Crippen LogP contribution in [0.2, 0.25) is 0 Å². The van der Waals surface area contributed by atoms with E-state index < -0.39 is 0 Å². The van der Waals surface area contributed by atoms with Gasteiger partial charge in [0.05, 0.1) is 0 Å². The van der Waals surface area contributed by atoms with Gasteiger partial charge in [-0.25, -0.2) is 0 Å². The van der Waals surface area contributed by atoms with E-state index in [0.717, 1.165) is 16.7 Å². The van der Waals surface area contributed by atoms with E-state index in [9.17, 15) is 4.79 Å². The molecule has 1 heterocycles. The van der Waals surface area contributed by atoms with E-state index in [1.165, 1.54) is 0 Å². The number of hydrogen-bond acceptors (Lipinski definition) is 3. The lowest BCUT2D eigenvalue weighted by Crippen LogP contribution is -2.04. The normalized spacial score (nSPS) is 10.7. The molecule has 0 aliphatic carbocycles. The second kappa shape index (κ2) is 5.85. The van der Waals surface area contributed by atoms with E-state index >= 15 is 0 Å². The van der Waals surface area contributed by atoms with Crippen LogP contribution < -0.4 is 0 Å². The van der Waals surface area contributed by atoms with E-state index in [4.69, 9.17) is 9.15 Å². The molecule has 19 heavy (non-hydrogen) atoms. The summed E-state index contributed by atoms with van der Waals surface area (Å²) < 4.78 is 10.4. The van der Waals surface area contributed by atoms with Crippen molar-refractivity contribution in [2.45, 2.75) is 26.9 Å². The summed E-state index contributed by atoms with van der Waals surface area (Å²) in [6, 6.07) is 9.62. The van der Waals surface area contributed by atoms with Crippen molar-refractivity contribution in [3.05, 3.63) is 58.5 Å². The lowest BCUT2D eigenvalue weighted by Gasteiger charge is -2.05. The number of ether oxygens (including phenoxy) is 1. The second-order valence-corrected chi connectivity index (χ2v) is 4.73. The molecule has 2 aromatic rings. The van der Waals surface area contributed by atoms with Crippen molar-refractivity contribution in [3.8, 4) is 0 Å².